The van der Waals surface area contributed by atoms with E-state index in [1.165, 1.54) is 5.52 Å². The van der Waals surface area contributed by atoms with E-state index < -0.39 is 0 Å². The van der Waals surface area contributed by atoms with E-state index in [0.717, 1.165) is 17.4 Å². The fraction of sp³-hybridized carbons (Fsp3) is 0.182. The Morgan fingerprint density at radius 2 is 2.21 bits per heavy atom. The van der Waals surface area contributed by atoms with Gasteiger partial charge in [-0.3, -0.25) is 0 Å². The van der Waals surface area contributed by atoms with Gasteiger partial charge in [0.2, 0.25) is 0 Å². The number of benzene rings is 1. The molecule has 0 saturated carbocycles. The molecule has 0 saturated heterocycles. The number of anilines is 1. The summed E-state index contributed by atoms with van der Waals surface area (Å²) < 4.78 is 2.04. The number of rotatable bonds is 3. The Hall–Kier alpha value is -1.77. The Morgan fingerprint density at radius 1 is 1.43 bits per heavy atom. The quantitative estimate of drug-likeness (QED) is 0.745. The lowest BCUT2D eigenvalue weighted by Crippen LogP contribution is -2.00. The first-order valence-electron chi connectivity index (χ1n) is 4.54. The SMILES string of the molecule is Cn1cc(NCC=O)c2ccccc21. The minimum Gasteiger partial charge on any atom is -0.377 e. The van der Waals surface area contributed by atoms with E-state index in [1.807, 2.05) is 36.0 Å². The normalized spacial score (nSPS) is 10.4. The van der Waals surface area contributed by atoms with Crippen LogP contribution in [0.2, 0.25) is 0 Å². The monoisotopic (exact) mass is 188 g/mol. The summed E-state index contributed by atoms with van der Waals surface area (Å²) in [6.07, 6.45) is 2.86. The summed E-state index contributed by atoms with van der Waals surface area (Å²) in [5, 5.41) is 4.22. The molecule has 1 aromatic carbocycles. The molecule has 0 amide bonds. The molecule has 72 valence electrons. The molecule has 1 N–H and O–H groups in total. The van der Waals surface area contributed by atoms with Crippen LogP contribution in [0.25, 0.3) is 10.9 Å². The number of fused-ring (bicyclic) bond motifs is 1. The Labute approximate surface area is 82.3 Å². The highest BCUT2D eigenvalue weighted by atomic mass is 16.1. The van der Waals surface area contributed by atoms with E-state index >= 15 is 0 Å². The molecule has 1 aromatic heterocycles. The average molecular weight is 188 g/mol. The summed E-state index contributed by atoms with van der Waals surface area (Å²) in [5.41, 5.74) is 2.18. The highest BCUT2D eigenvalue weighted by Gasteiger charge is 2.03. The largest absolute Gasteiger partial charge is 0.377 e. The zero-order valence-electron chi connectivity index (χ0n) is 8.03. The molecular weight excluding hydrogens is 176 g/mol. The van der Waals surface area contributed by atoms with Gasteiger partial charge >= 0.3 is 0 Å². The number of carbonyl (C=O) groups is 1. The van der Waals surface area contributed by atoms with Gasteiger partial charge in [-0.2, -0.15) is 0 Å². The highest BCUT2D eigenvalue weighted by molar-refractivity contribution is 5.93. The van der Waals surface area contributed by atoms with Crippen LogP contribution in [0.3, 0.4) is 0 Å². The van der Waals surface area contributed by atoms with Crippen molar-refractivity contribution in [3.8, 4) is 0 Å². The van der Waals surface area contributed by atoms with Gasteiger partial charge in [0.25, 0.3) is 0 Å². The third-order valence-corrected chi connectivity index (χ3v) is 2.27. The zero-order valence-corrected chi connectivity index (χ0v) is 8.03. The number of carbonyl (C=O) groups excluding carboxylic acids is 1. The van der Waals surface area contributed by atoms with Crippen LogP contribution in [0.1, 0.15) is 0 Å². The number of para-hydroxylation sites is 1. The average Bonchev–Trinajstić information content (AvgIpc) is 2.54. The molecule has 2 aromatic rings. The van der Waals surface area contributed by atoms with E-state index in [1.54, 1.807) is 0 Å². The van der Waals surface area contributed by atoms with Gasteiger partial charge in [-0.05, 0) is 6.07 Å². The van der Waals surface area contributed by atoms with E-state index in [4.69, 9.17) is 0 Å². The Balaban J connectivity index is 2.49. The summed E-state index contributed by atoms with van der Waals surface area (Å²) in [6.45, 7) is 0.355. The molecule has 0 radical (unpaired) electrons. The van der Waals surface area contributed by atoms with Crippen LogP contribution in [-0.4, -0.2) is 17.4 Å². The van der Waals surface area contributed by atoms with Gasteiger partial charge in [-0.1, -0.05) is 18.2 Å². The maximum Gasteiger partial charge on any atom is 0.139 e. The van der Waals surface area contributed by atoms with E-state index in [2.05, 4.69) is 11.4 Å². The van der Waals surface area contributed by atoms with Crippen molar-refractivity contribution in [2.24, 2.45) is 7.05 Å². The van der Waals surface area contributed by atoms with Crippen LogP contribution >= 0.6 is 0 Å². The van der Waals surface area contributed by atoms with Crippen molar-refractivity contribution in [2.45, 2.75) is 0 Å². The summed E-state index contributed by atoms with van der Waals surface area (Å²) in [7, 11) is 1.99. The zero-order chi connectivity index (χ0) is 9.97. The Kier molecular flexibility index (Phi) is 2.23. The van der Waals surface area contributed by atoms with Gasteiger partial charge in [-0.25, -0.2) is 0 Å². The fourth-order valence-corrected chi connectivity index (χ4v) is 1.63. The predicted octanol–water partition coefficient (Wildman–Crippen LogP) is 1.79. The maximum atomic E-state index is 10.3. The smallest absolute Gasteiger partial charge is 0.139 e. The maximum absolute atomic E-state index is 10.3. The topological polar surface area (TPSA) is 34.0 Å². The molecule has 2 rings (SSSR count). The second-order valence-electron chi connectivity index (χ2n) is 3.22. The first-order valence-corrected chi connectivity index (χ1v) is 4.54. The second kappa shape index (κ2) is 3.54. The number of aldehydes is 1. The minimum atomic E-state index is 0.355. The van der Waals surface area contributed by atoms with E-state index in [-0.39, 0.29) is 0 Å². The molecule has 14 heavy (non-hydrogen) atoms. The molecule has 0 atom stereocenters. The fourth-order valence-electron chi connectivity index (χ4n) is 1.63. The summed E-state index contributed by atoms with van der Waals surface area (Å²) in [4.78, 5) is 10.3. The Bertz CT molecular complexity index is 459. The van der Waals surface area contributed by atoms with Gasteiger partial charge in [0, 0.05) is 24.1 Å². The van der Waals surface area contributed by atoms with Crippen molar-refractivity contribution in [1.82, 2.24) is 4.57 Å². The van der Waals surface area contributed by atoms with Gasteiger partial charge < -0.3 is 14.7 Å². The molecule has 0 fully saturated rings. The summed E-state index contributed by atoms with van der Waals surface area (Å²) >= 11 is 0. The van der Waals surface area contributed by atoms with Crippen LogP contribution in [0.4, 0.5) is 5.69 Å². The molecule has 0 bridgehead atoms. The van der Waals surface area contributed by atoms with Crippen molar-refractivity contribution in [3.05, 3.63) is 30.5 Å². The van der Waals surface area contributed by atoms with Crippen LogP contribution in [0.5, 0.6) is 0 Å². The molecular formula is C11H12N2O. The van der Waals surface area contributed by atoms with Crippen LogP contribution in [0.15, 0.2) is 30.5 Å². The molecule has 3 nitrogen and oxygen atoms in total. The number of aromatic nitrogens is 1. The number of hydrogen-bond donors (Lipinski definition) is 1. The van der Waals surface area contributed by atoms with Gasteiger partial charge in [0.05, 0.1) is 12.2 Å². The molecule has 3 heteroatoms. The van der Waals surface area contributed by atoms with Crippen molar-refractivity contribution < 1.29 is 4.79 Å². The molecule has 0 unspecified atom stereocenters. The van der Waals surface area contributed by atoms with Crippen LogP contribution in [0, 0.1) is 0 Å². The first-order chi connectivity index (χ1) is 6.83. The van der Waals surface area contributed by atoms with Crippen LogP contribution in [-0.2, 0) is 11.8 Å². The summed E-state index contributed by atoms with van der Waals surface area (Å²) in [6, 6.07) is 8.10. The van der Waals surface area contributed by atoms with Gasteiger partial charge in [-0.15, -0.1) is 0 Å². The lowest BCUT2D eigenvalue weighted by molar-refractivity contribution is -0.106. The molecule has 0 aliphatic rings. The summed E-state index contributed by atoms with van der Waals surface area (Å²) in [5.74, 6) is 0. The number of aryl methyl sites for hydroxylation is 1. The van der Waals surface area contributed by atoms with Gasteiger partial charge in [0.1, 0.15) is 6.29 Å². The van der Waals surface area contributed by atoms with Crippen molar-refractivity contribution >= 4 is 22.9 Å². The Morgan fingerprint density at radius 3 is 3.00 bits per heavy atom. The lowest BCUT2D eigenvalue weighted by atomic mass is 10.2. The van der Waals surface area contributed by atoms with E-state index in [0.29, 0.717) is 6.54 Å². The molecule has 0 spiro atoms. The van der Waals surface area contributed by atoms with Gasteiger partial charge in [0.15, 0.2) is 0 Å². The molecule has 0 aliphatic carbocycles. The van der Waals surface area contributed by atoms with Crippen molar-refractivity contribution in [2.75, 3.05) is 11.9 Å². The van der Waals surface area contributed by atoms with Crippen molar-refractivity contribution in [1.29, 1.82) is 0 Å². The van der Waals surface area contributed by atoms with Crippen molar-refractivity contribution in [3.63, 3.8) is 0 Å². The third kappa shape index (κ3) is 1.37. The van der Waals surface area contributed by atoms with Crippen LogP contribution < -0.4 is 5.32 Å². The molecule has 0 aliphatic heterocycles. The number of hydrogen-bond acceptors (Lipinski definition) is 2. The standard InChI is InChI=1S/C11H12N2O/c1-13-8-10(12-6-7-14)9-4-2-3-5-11(9)13/h2-5,7-8,12H,6H2,1H3. The molecule has 1 heterocycles. The minimum absolute atomic E-state index is 0.355. The highest BCUT2D eigenvalue weighted by Crippen LogP contribution is 2.24. The van der Waals surface area contributed by atoms with E-state index in [9.17, 15) is 4.79 Å². The number of nitrogens with one attached hydrogen (secondary N) is 1. The number of nitrogens with zero attached hydrogens (tertiary/aromatic N) is 1. The third-order valence-electron chi connectivity index (χ3n) is 2.27. The predicted molar refractivity (Wildman–Crippen MR) is 57.5 cm³/mol. The lowest BCUT2D eigenvalue weighted by Gasteiger charge is -1.97. The first kappa shape index (κ1) is 8.81. The second-order valence-corrected chi connectivity index (χ2v) is 3.22.